The summed E-state index contributed by atoms with van der Waals surface area (Å²) in [7, 11) is 0. The van der Waals surface area contributed by atoms with E-state index >= 15 is 0 Å². The number of halogens is 1. The molecule has 2 rings (SSSR count). The highest BCUT2D eigenvalue weighted by molar-refractivity contribution is 5.69. The lowest BCUT2D eigenvalue weighted by molar-refractivity contribution is -0.155. The van der Waals surface area contributed by atoms with E-state index in [-0.39, 0.29) is 18.0 Å². The molecule has 0 aliphatic rings. The predicted octanol–water partition coefficient (Wildman–Crippen LogP) is 3.21. The fourth-order valence-electron chi connectivity index (χ4n) is 2.25. The van der Waals surface area contributed by atoms with E-state index in [4.69, 9.17) is 15.7 Å². The molecule has 0 spiro atoms. The number of hydrogen-bond donors (Lipinski definition) is 2. The molecule has 1 heterocycles. The lowest BCUT2D eigenvalue weighted by Crippen LogP contribution is -2.24. The Morgan fingerprint density at radius 2 is 2.20 bits per heavy atom. The van der Waals surface area contributed by atoms with Gasteiger partial charge < -0.3 is 15.5 Å². The van der Waals surface area contributed by atoms with Crippen molar-refractivity contribution in [2.24, 2.45) is 5.73 Å². The van der Waals surface area contributed by atoms with Crippen molar-refractivity contribution in [2.45, 2.75) is 45.3 Å². The van der Waals surface area contributed by atoms with Crippen molar-refractivity contribution in [1.82, 2.24) is 9.97 Å². The van der Waals surface area contributed by atoms with E-state index in [1.54, 1.807) is 39.1 Å². The van der Waals surface area contributed by atoms with Gasteiger partial charge in [-0.3, -0.25) is 4.79 Å². The van der Waals surface area contributed by atoms with E-state index in [0.717, 1.165) is 0 Å². The minimum atomic E-state index is -0.592. The minimum absolute atomic E-state index is 0.0162. The van der Waals surface area contributed by atoms with Crippen LogP contribution in [0.25, 0.3) is 11.3 Å². The molecule has 1 aromatic heterocycles. The quantitative estimate of drug-likeness (QED) is 0.810. The second-order valence-electron chi connectivity index (χ2n) is 6.72. The number of aromatic amines is 1. The van der Waals surface area contributed by atoms with Crippen LogP contribution in [0.3, 0.4) is 0 Å². The molecule has 0 fully saturated rings. The van der Waals surface area contributed by atoms with Gasteiger partial charge in [0.15, 0.2) is 0 Å². The monoisotopic (exact) mass is 344 g/mol. The van der Waals surface area contributed by atoms with Crippen LogP contribution in [0, 0.1) is 17.1 Å². The van der Waals surface area contributed by atoms with Crippen molar-refractivity contribution in [3.63, 3.8) is 0 Å². The van der Waals surface area contributed by atoms with Crippen LogP contribution in [0.4, 0.5) is 4.39 Å². The van der Waals surface area contributed by atoms with Gasteiger partial charge in [-0.2, -0.15) is 5.26 Å². The molecule has 0 radical (unpaired) electrons. The Hall–Kier alpha value is -2.72. The van der Waals surface area contributed by atoms with Crippen molar-refractivity contribution in [3.05, 3.63) is 41.6 Å². The summed E-state index contributed by atoms with van der Waals surface area (Å²) in [4.78, 5) is 19.0. The molecule has 2 aromatic rings. The molecular weight excluding hydrogens is 323 g/mol. The van der Waals surface area contributed by atoms with Gasteiger partial charge in [-0.05, 0) is 39.3 Å². The third-order valence-electron chi connectivity index (χ3n) is 3.43. The molecule has 0 saturated heterocycles. The van der Waals surface area contributed by atoms with E-state index < -0.39 is 17.5 Å². The van der Waals surface area contributed by atoms with E-state index in [0.29, 0.717) is 23.5 Å². The summed E-state index contributed by atoms with van der Waals surface area (Å²) in [5, 5.41) is 8.77. The maximum atomic E-state index is 13.7. The number of nitrogens with one attached hydrogen (secondary N) is 1. The number of hydrogen-bond acceptors (Lipinski definition) is 5. The number of imidazole rings is 1. The number of carbonyl (C=O) groups excluding carboxylic acids is 1. The van der Waals surface area contributed by atoms with Gasteiger partial charge in [0, 0.05) is 12.0 Å². The zero-order chi connectivity index (χ0) is 18.6. The van der Waals surface area contributed by atoms with E-state index in [1.165, 1.54) is 12.1 Å². The van der Waals surface area contributed by atoms with Crippen LogP contribution < -0.4 is 5.73 Å². The Labute approximate surface area is 145 Å². The second kappa shape index (κ2) is 7.45. The lowest BCUT2D eigenvalue weighted by Gasteiger charge is -2.19. The molecule has 25 heavy (non-hydrogen) atoms. The normalized spacial score (nSPS) is 12.5. The van der Waals surface area contributed by atoms with Gasteiger partial charge in [0.05, 0.1) is 23.5 Å². The molecule has 1 aromatic carbocycles. The highest BCUT2D eigenvalue weighted by Gasteiger charge is 2.18. The maximum Gasteiger partial charge on any atom is 0.306 e. The molecule has 3 N–H and O–H groups in total. The number of nitrogens with zero attached hydrogens (tertiary/aromatic N) is 2. The minimum Gasteiger partial charge on any atom is -0.460 e. The Morgan fingerprint density at radius 3 is 2.80 bits per heavy atom. The number of aromatic nitrogens is 2. The zero-order valence-electron chi connectivity index (χ0n) is 14.5. The fraction of sp³-hybridized carbons (Fsp3) is 0.389. The van der Waals surface area contributed by atoms with Gasteiger partial charge in [-0.15, -0.1) is 0 Å². The third kappa shape index (κ3) is 5.13. The van der Waals surface area contributed by atoms with Gasteiger partial charge in [0.1, 0.15) is 23.3 Å². The molecule has 0 saturated carbocycles. The van der Waals surface area contributed by atoms with Crippen molar-refractivity contribution in [3.8, 4) is 17.3 Å². The zero-order valence-corrected chi connectivity index (χ0v) is 14.5. The summed E-state index contributed by atoms with van der Waals surface area (Å²) in [5.74, 6) is -0.405. The Balaban J connectivity index is 2.02. The molecule has 6 nitrogen and oxygen atoms in total. The summed E-state index contributed by atoms with van der Waals surface area (Å²) in [6.07, 6.45) is 2.10. The molecular formula is C18H21FN4O2. The second-order valence-corrected chi connectivity index (χ2v) is 6.72. The van der Waals surface area contributed by atoms with Crippen molar-refractivity contribution < 1.29 is 13.9 Å². The van der Waals surface area contributed by atoms with Crippen LogP contribution in [-0.4, -0.2) is 21.5 Å². The summed E-state index contributed by atoms with van der Waals surface area (Å²) in [6.45, 7) is 5.42. The first kappa shape index (κ1) is 18.6. The SMILES string of the molecule is CC(C)(C)OC(=O)CC[C@H](N)c1ncc(-c2ccc(C#N)c(F)c2)[nH]1. The number of esters is 1. The van der Waals surface area contributed by atoms with Crippen molar-refractivity contribution >= 4 is 5.97 Å². The van der Waals surface area contributed by atoms with E-state index in [1.807, 2.05) is 0 Å². The Kier molecular flexibility index (Phi) is 5.55. The summed E-state index contributed by atoms with van der Waals surface area (Å²) in [5.41, 5.74) is 6.66. The molecule has 1 atom stereocenters. The first-order chi connectivity index (χ1) is 11.7. The topological polar surface area (TPSA) is 105 Å². The summed E-state index contributed by atoms with van der Waals surface area (Å²) in [6, 6.07) is 5.61. The fourth-order valence-corrected chi connectivity index (χ4v) is 2.25. The molecule has 0 aliphatic carbocycles. The number of carbonyl (C=O) groups is 1. The predicted molar refractivity (Wildman–Crippen MR) is 90.7 cm³/mol. The van der Waals surface area contributed by atoms with Crippen LogP contribution in [0.2, 0.25) is 0 Å². The van der Waals surface area contributed by atoms with Crippen molar-refractivity contribution in [2.75, 3.05) is 0 Å². The van der Waals surface area contributed by atoms with Gasteiger partial charge in [0.25, 0.3) is 0 Å². The number of benzene rings is 1. The number of nitrogens with two attached hydrogens (primary N) is 1. The molecule has 132 valence electrons. The van der Waals surface area contributed by atoms with Crippen LogP contribution in [-0.2, 0) is 9.53 Å². The number of H-pyrrole nitrogens is 1. The van der Waals surface area contributed by atoms with E-state index in [9.17, 15) is 9.18 Å². The van der Waals surface area contributed by atoms with Gasteiger partial charge in [0.2, 0.25) is 0 Å². The molecule has 0 amide bonds. The largest absolute Gasteiger partial charge is 0.460 e. The van der Waals surface area contributed by atoms with Crippen LogP contribution in [0.15, 0.2) is 24.4 Å². The van der Waals surface area contributed by atoms with Crippen molar-refractivity contribution in [1.29, 1.82) is 5.26 Å². The molecule has 0 aliphatic heterocycles. The van der Waals surface area contributed by atoms with Crippen LogP contribution in [0.5, 0.6) is 0 Å². The average Bonchev–Trinajstić information content (AvgIpc) is 3.01. The number of nitriles is 1. The highest BCUT2D eigenvalue weighted by Crippen LogP contribution is 2.22. The highest BCUT2D eigenvalue weighted by atomic mass is 19.1. The third-order valence-corrected chi connectivity index (χ3v) is 3.43. The average molecular weight is 344 g/mol. The standard InChI is InChI=1S/C18H21FN4O2/c1-18(2,3)25-16(24)7-6-14(21)17-22-10-15(23-17)11-4-5-12(9-20)13(19)8-11/h4-5,8,10,14H,6-7,21H2,1-3H3,(H,22,23)/t14-/m0/s1. The molecule has 0 bridgehead atoms. The van der Waals surface area contributed by atoms with Gasteiger partial charge in [-0.25, -0.2) is 9.37 Å². The number of ether oxygens (including phenoxy) is 1. The van der Waals surface area contributed by atoms with Gasteiger partial charge >= 0.3 is 5.97 Å². The smallest absolute Gasteiger partial charge is 0.306 e. The summed E-state index contributed by atoms with van der Waals surface area (Å²) < 4.78 is 19.0. The van der Waals surface area contributed by atoms with Crippen LogP contribution in [0.1, 0.15) is 51.0 Å². The lowest BCUT2D eigenvalue weighted by atomic mass is 10.1. The Morgan fingerprint density at radius 1 is 1.48 bits per heavy atom. The number of rotatable bonds is 5. The first-order valence-electron chi connectivity index (χ1n) is 7.92. The first-order valence-corrected chi connectivity index (χ1v) is 7.92. The molecule has 0 unspecified atom stereocenters. The summed E-state index contributed by atoms with van der Waals surface area (Å²) >= 11 is 0. The molecule has 7 heteroatoms. The van der Waals surface area contributed by atoms with Gasteiger partial charge in [-0.1, -0.05) is 6.07 Å². The Bertz CT molecular complexity index is 802. The maximum absolute atomic E-state index is 13.7. The van der Waals surface area contributed by atoms with E-state index in [2.05, 4.69) is 9.97 Å². The van der Waals surface area contributed by atoms with Crippen LogP contribution >= 0.6 is 0 Å².